The van der Waals surface area contributed by atoms with Gasteiger partial charge in [0, 0.05) is 36.1 Å². The summed E-state index contributed by atoms with van der Waals surface area (Å²) < 4.78 is 6.27. The first-order valence-electron chi connectivity index (χ1n) is 17.0. The summed E-state index contributed by atoms with van der Waals surface area (Å²) in [5.41, 5.74) is 5.97. The quantitative estimate of drug-likeness (QED) is 0.0981. The Labute approximate surface area is 287 Å². The van der Waals surface area contributed by atoms with E-state index in [0.29, 0.717) is 12.6 Å². The summed E-state index contributed by atoms with van der Waals surface area (Å²) in [6.07, 6.45) is 5.46. The number of amides is 2. The molecule has 2 aliphatic rings. The van der Waals surface area contributed by atoms with E-state index >= 15 is 0 Å². The number of aliphatic hydroxyl groups is 5. The maximum absolute atomic E-state index is 12.2. The van der Waals surface area contributed by atoms with Crippen LogP contribution in [0.15, 0.2) is 60.9 Å². The zero-order valence-corrected chi connectivity index (χ0v) is 28.1. The highest BCUT2D eigenvalue weighted by Crippen LogP contribution is 2.55. The van der Waals surface area contributed by atoms with E-state index in [-0.39, 0.29) is 17.9 Å². The van der Waals surface area contributed by atoms with Crippen molar-refractivity contribution in [1.29, 1.82) is 0 Å². The van der Waals surface area contributed by atoms with Gasteiger partial charge in [0.05, 0.1) is 18.8 Å². The van der Waals surface area contributed by atoms with Crippen molar-refractivity contribution in [3.05, 3.63) is 82.6 Å². The third-order valence-electron chi connectivity index (χ3n) is 9.65. The number of carbonyl (C=O) groups excluding carboxylic acids is 1. The number of nitrogens with zero attached hydrogens (tertiary/aromatic N) is 1. The Bertz CT molecular complexity index is 1520. The lowest BCUT2D eigenvalue weighted by atomic mass is 9.84. The molecule has 2 aliphatic carbocycles. The van der Waals surface area contributed by atoms with Gasteiger partial charge in [0.1, 0.15) is 24.1 Å². The summed E-state index contributed by atoms with van der Waals surface area (Å²) in [6, 6.07) is 16.2. The van der Waals surface area contributed by atoms with Gasteiger partial charge in [-0.3, -0.25) is 4.98 Å². The molecule has 11 heteroatoms. The lowest BCUT2D eigenvalue weighted by molar-refractivity contribution is -0.113. The molecule has 260 valence electrons. The third-order valence-corrected chi connectivity index (χ3v) is 10.0. The van der Waals surface area contributed by atoms with E-state index in [1.165, 1.54) is 16.7 Å². The van der Waals surface area contributed by atoms with E-state index < -0.39 is 37.1 Å². The van der Waals surface area contributed by atoms with Gasteiger partial charge in [-0.2, -0.15) is 0 Å². The molecule has 2 fully saturated rings. The van der Waals surface area contributed by atoms with Crippen molar-refractivity contribution in [2.24, 2.45) is 0 Å². The van der Waals surface area contributed by atoms with Crippen molar-refractivity contribution in [3.63, 3.8) is 0 Å². The first kappa shape index (κ1) is 36.0. The van der Waals surface area contributed by atoms with E-state index in [2.05, 4.69) is 58.9 Å². The van der Waals surface area contributed by atoms with E-state index in [4.69, 9.17) is 21.4 Å². The molecular weight excluding hydrogens is 634 g/mol. The molecule has 2 aromatic carbocycles. The second-order valence-electron chi connectivity index (χ2n) is 13.3. The van der Waals surface area contributed by atoms with Crippen LogP contribution >= 0.6 is 11.6 Å². The predicted molar refractivity (Wildman–Crippen MR) is 184 cm³/mol. The number of halogens is 1. The first-order valence-corrected chi connectivity index (χ1v) is 17.3. The number of aromatic nitrogens is 1. The number of nitrogens with one attached hydrogen (secondary N) is 2. The van der Waals surface area contributed by atoms with Gasteiger partial charge in [-0.15, -0.1) is 0 Å². The Morgan fingerprint density at radius 3 is 2.50 bits per heavy atom. The van der Waals surface area contributed by atoms with Crippen molar-refractivity contribution in [2.75, 3.05) is 19.7 Å². The van der Waals surface area contributed by atoms with Crippen LogP contribution in [0.4, 0.5) is 4.79 Å². The van der Waals surface area contributed by atoms with Crippen LogP contribution < -0.4 is 15.4 Å². The fourth-order valence-electron chi connectivity index (χ4n) is 6.20. The monoisotopic (exact) mass is 681 g/mol. The summed E-state index contributed by atoms with van der Waals surface area (Å²) in [4.78, 5) is 16.7. The Morgan fingerprint density at radius 2 is 1.77 bits per heavy atom. The molecule has 0 aliphatic heterocycles. The second-order valence-corrected chi connectivity index (χ2v) is 13.8. The van der Waals surface area contributed by atoms with E-state index in [1.54, 1.807) is 0 Å². The maximum atomic E-state index is 12.2. The predicted octanol–water partition coefficient (Wildman–Crippen LogP) is 4.23. The molecule has 48 heavy (non-hydrogen) atoms. The number of urea groups is 1. The molecule has 0 radical (unpaired) electrons. The highest BCUT2D eigenvalue weighted by atomic mass is 35.5. The summed E-state index contributed by atoms with van der Waals surface area (Å²) in [7, 11) is 0. The standard InChI is InChI=1S/C37H48ClN3O7/c1-23(5-4-17-40-36(47)41-21-31(43)34(45)35(46)32(44)22-42)24-8-11-30(38)25(19-24)12-14-37(15-16-37)29-20-39-18-13-27(29)28-6-2-3-7-33(28)48-26-9-10-26/h2-3,6-8,11,13,18-20,23,26,31-32,34-35,42-46H,4-5,9-10,12,14-17,21-22H2,1H3,(H2,40,41,47)/t23?,31-,32+,34+,35+/m0/s1. The summed E-state index contributed by atoms with van der Waals surface area (Å²) in [5.74, 6) is 1.18. The summed E-state index contributed by atoms with van der Waals surface area (Å²) in [5, 5.41) is 53.8. The number of hydrogen-bond donors (Lipinski definition) is 7. The SMILES string of the molecule is CC(CCCNC(=O)NC[C@H](O)[C@@H](O)[C@H](O)[C@H](O)CO)c1ccc(Cl)c(CCC2(c3cnccc3-c3ccccc3OC3CC3)CC2)c1. The first-order chi connectivity index (χ1) is 23.1. The molecule has 0 spiro atoms. The highest BCUT2D eigenvalue weighted by Gasteiger charge is 2.45. The molecule has 1 aromatic heterocycles. The van der Waals surface area contributed by atoms with Gasteiger partial charge in [-0.25, -0.2) is 4.79 Å². The maximum Gasteiger partial charge on any atom is 0.314 e. The van der Waals surface area contributed by atoms with Crippen LogP contribution in [-0.4, -0.2) is 86.8 Å². The molecule has 5 atom stereocenters. The van der Waals surface area contributed by atoms with Gasteiger partial charge in [-0.05, 0) is 103 Å². The van der Waals surface area contributed by atoms with Crippen LogP contribution in [0.2, 0.25) is 5.02 Å². The lowest BCUT2D eigenvalue weighted by Crippen LogP contribution is -2.50. The minimum atomic E-state index is -1.74. The van der Waals surface area contributed by atoms with Gasteiger partial charge in [0.25, 0.3) is 0 Å². The number of rotatable bonds is 18. The number of pyridine rings is 1. The van der Waals surface area contributed by atoms with E-state index in [9.17, 15) is 25.2 Å². The van der Waals surface area contributed by atoms with Gasteiger partial charge in [0.2, 0.25) is 0 Å². The minimum Gasteiger partial charge on any atom is -0.490 e. The fraction of sp³-hybridized carbons (Fsp3) is 0.514. The van der Waals surface area contributed by atoms with Crippen LogP contribution in [0.3, 0.4) is 0 Å². The van der Waals surface area contributed by atoms with Gasteiger partial charge >= 0.3 is 6.03 Å². The number of para-hydroxylation sites is 1. The Kier molecular flexibility index (Phi) is 12.3. The average Bonchev–Trinajstić information content (AvgIpc) is 4.05. The van der Waals surface area contributed by atoms with Gasteiger partial charge in [-0.1, -0.05) is 48.9 Å². The largest absolute Gasteiger partial charge is 0.490 e. The van der Waals surface area contributed by atoms with Gasteiger partial charge < -0.3 is 40.9 Å². The average molecular weight is 682 g/mol. The second kappa shape index (κ2) is 16.4. The molecule has 2 amide bonds. The molecule has 10 nitrogen and oxygen atoms in total. The van der Waals surface area contributed by atoms with Crippen LogP contribution in [0.5, 0.6) is 5.75 Å². The minimum absolute atomic E-state index is 0.0576. The number of benzene rings is 2. The molecule has 5 rings (SSSR count). The third kappa shape index (κ3) is 9.25. The number of aryl methyl sites for hydroxylation is 1. The zero-order valence-electron chi connectivity index (χ0n) is 27.4. The van der Waals surface area contributed by atoms with Crippen molar-refractivity contribution in [3.8, 4) is 16.9 Å². The van der Waals surface area contributed by atoms with Gasteiger partial charge in [0.15, 0.2) is 0 Å². The molecule has 7 N–H and O–H groups in total. The molecular formula is C37H48ClN3O7. The lowest BCUT2D eigenvalue weighted by Gasteiger charge is -2.25. The number of hydrogen-bond acceptors (Lipinski definition) is 8. The molecule has 0 saturated heterocycles. The topological polar surface area (TPSA) is 164 Å². The molecule has 1 heterocycles. The fourth-order valence-corrected chi connectivity index (χ4v) is 6.41. The highest BCUT2D eigenvalue weighted by molar-refractivity contribution is 6.31. The normalized spacial score (nSPS) is 18.3. The zero-order chi connectivity index (χ0) is 34.3. The molecule has 0 bridgehead atoms. The van der Waals surface area contributed by atoms with Crippen LogP contribution in [-0.2, 0) is 11.8 Å². The molecule has 3 aromatic rings. The summed E-state index contributed by atoms with van der Waals surface area (Å²) in [6.45, 7) is 1.46. The Hall–Kier alpha value is -3.25. The number of ether oxygens (including phenoxy) is 1. The Morgan fingerprint density at radius 1 is 1.02 bits per heavy atom. The Balaban J connectivity index is 1.12. The molecule has 2 saturated carbocycles. The molecule has 1 unspecified atom stereocenters. The van der Waals surface area contributed by atoms with Crippen LogP contribution in [0, 0.1) is 0 Å². The van der Waals surface area contributed by atoms with E-state index in [0.717, 1.165) is 73.3 Å². The van der Waals surface area contributed by atoms with Crippen LogP contribution in [0.1, 0.15) is 74.5 Å². The van der Waals surface area contributed by atoms with Crippen molar-refractivity contribution >= 4 is 17.6 Å². The van der Waals surface area contributed by atoms with Crippen molar-refractivity contribution in [2.45, 2.75) is 100 Å². The number of aliphatic hydroxyl groups excluding tert-OH is 5. The van der Waals surface area contributed by atoms with Crippen LogP contribution in [0.25, 0.3) is 11.1 Å². The van der Waals surface area contributed by atoms with E-state index in [1.807, 2.05) is 24.5 Å². The van der Waals surface area contributed by atoms with Crippen molar-refractivity contribution < 1.29 is 35.1 Å². The van der Waals surface area contributed by atoms with Crippen molar-refractivity contribution in [1.82, 2.24) is 15.6 Å². The number of carbonyl (C=O) groups is 1. The summed E-state index contributed by atoms with van der Waals surface area (Å²) >= 11 is 6.72. The smallest absolute Gasteiger partial charge is 0.314 e.